The highest BCUT2D eigenvalue weighted by atomic mass is 32.2. The maximum absolute atomic E-state index is 13.0. The minimum atomic E-state index is -3.34. The molecular weight excluding hydrogens is 376 g/mol. The summed E-state index contributed by atoms with van der Waals surface area (Å²) in [4.78, 5) is 0. The molecule has 2 saturated heterocycles. The normalized spacial score (nSPS) is 23.1. The number of hydrogen-bond donors (Lipinski definition) is 0. The molecule has 0 radical (unpaired) electrons. The smallest absolute Gasteiger partial charge is 0.197 e. The summed E-state index contributed by atoms with van der Waals surface area (Å²) in [6, 6.07) is 2.12. The SMILES string of the molecule is O=S(=O)(N1CCCCCC1)N1CCC(c2nnc3cc4c(nn23)CCC4)CC1. The third-order valence-corrected chi connectivity index (χ3v) is 8.52. The highest BCUT2D eigenvalue weighted by molar-refractivity contribution is 7.86. The van der Waals surface area contributed by atoms with E-state index in [4.69, 9.17) is 5.10 Å². The Morgan fingerprint density at radius 3 is 2.32 bits per heavy atom. The summed E-state index contributed by atoms with van der Waals surface area (Å²) in [5, 5.41) is 13.5. The summed E-state index contributed by atoms with van der Waals surface area (Å²) in [5.41, 5.74) is 3.27. The van der Waals surface area contributed by atoms with Crippen molar-refractivity contribution in [1.29, 1.82) is 0 Å². The van der Waals surface area contributed by atoms with Crippen molar-refractivity contribution in [3.63, 3.8) is 0 Å². The second-order valence-corrected chi connectivity index (χ2v) is 10.2. The largest absolute Gasteiger partial charge is 0.281 e. The lowest BCUT2D eigenvalue weighted by atomic mass is 9.97. The summed E-state index contributed by atoms with van der Waals surface area (Å²) in [6.45, 7) is 2.41. The molecule has 5 rings (SSSR count). The zero-order valence-corrected chi connectivity index (χ0v) is 17.1. The van der Waals surface area contributed by atoms with Crippen LogP contribution in [0.15, 0.2) is 6.07 Å². The van der Waals surface area contributed by atoms with Crippen LogP contribution >= 0.6 is 0 Å². The predicted molar refractivity (Wildman–Crippen MR) is 105 cm³/mol. The van der Waals surface area contributed by atoms with E-state index in [2.05, 4.69) is 16.3 Å². The molecule has 2 aliphatic heterocycles. The fourth-order valence-electron chi connectivity index (χ4n) is 4.83. The monoisotopic (exact) mass is 404 g/mol. The molecule has 0 aromatic carbocycles. The van der Waals surface area contributed by atoms with Gasteiger partial charge in [-0.05, 0) is 56.6 Å². The average molecular weight is 405 g/mol. The van der Waals surface area contributed by atoms with Gasteiger partial charge in [0.2, 0.25) is 0 Å². The molecule has 2 aromatic heterocycles. The van der Waals surface area contributed by atoms with Gasteiger partial charge in [0.15, 0.2) is 11.5 Å². The van der Waals surface area contributed by atoms with Gasteiger partial charge in [0.05, 0.1) is 5.69 Å². The highest BCUT2D eigenvalue weighted by Gasteiger charge is 2.35. The van der Waals surface area contributed by atoms with Crippen LogP contribution in [-0.2, 0) is 23.1 Å². The standard InChI is InChI=1S/C19H28N6O2S/c26-28(27,23-10-3-1-2-4-11-23)24-12-8-15(9-13-24)19-21-20-18-14-16-6-5-7-17(16)22-25(18)19/h14-15H,1-13H2. The molecule has 9 heteroatoms. The fourth-order valence-corrected chi connectivity index (χ4v) is 6.55. The van der Waals surface area contributed by atoms with Crippen LogP contribution in [0.5, 0.6) is 0 Å². The summed E-state index contributed by atoms with van der Waals surface area (Å²) in [6.07, 6.45) is 9.00. The second-order valence-electron chi connectivity index (χ2n) is 8.29. The van der Waals surface area contributed by atoms with E-state index in [0.29, 0.717) is 26.2 Å². The third kappa shape index (κ3) is 3.23. The first-order valence-corrected chi connectivity index (χ1v) is 12.0. The van der Waals surface area contributed by atoms with Crippen molar-refractivity contribution in [1.82, 2.24) is 28.4 Å². The molecule has 1 aliphatic carbocycles. The average Bonchev–Trinajstić information content (AvgIpc) is 3.23. The Labute approximate surface area is 166 Å². The molecule has 2 aromatic rings. The number of aryl methyl sites for hydroxylation is 2. The Bertz CT molecular complexity index is 956. The molecule has 4 heterocycles. The highest BCUT2D eigenvalue weighted by Crippen LogP contribution is 2.30. The fraction of sp³-hybridized carbons (Fsp3) is 0.737. The van der Waals surface area contributed by atoms with Crippen LogP contribution in [0.2, 0.25) is 0 Å². The summed E-state index contributed by atoms with van der Waals surface area (Å²) in [7, 11) is -3.34. The van der Waals surface area contributed by atoms with Crippen LogP contribution in [0.4, 0.5) is 0 Å². The first-order chi connectivity index (χ1) is 13.6. The number of nitrogens with zero attached hydrogens (tertiary/aromatic N) is 6. The molecule has 0 saturated carbocycles. The lowest BCUT2D eigenvalue weighted by Crippen LogP contribution is -2.47. The van der Waals surface area contributed by atoms with Gasteiger partial charge >= 0.3 is 0 Å². The Morgan fingerprint density at radius 2 is 1.57 bits per heavy atom. The van der Waals surface area contributed by atoms with E-state index in [1.165, 1.54) is 5.56 Å². The maximum Gasteiger partial charge on any atom is 0.281 e. The summed E-state index contributed by atoms with van der Waals surface area (Å²) >= 11 is 0. The van der Waals surface area contributed by atoms with Crippen molar-refractivity contribution in [2.24, 2.45) is 0 Å². The van der Waals surface area contributed by atoms with Gasteiger partial charge in [-0.2, -0.15) is 26.6 Å². The molecule has 8 nitrogen and oxygen atoms in total. The lowest BCUT2D eigenvalue weighted by Gasteiger charge is -2.34. The van der Waals surface area contributed by atoms with Crippen LogP contribution < -0.4 is 0 Å². The Kier molecular flexibility index (Phi) is 4.84. The van der Waals surface area contributed by atoms with E-state index in [0.717, 1.165) is 75.0 Å². The summed E-state index contributed by atoms with van der Waals surface area (Å²) < 4.78 is 31.3. The number of fused-ring (bicyclic) bond motifs is 2. The molecule has 3 aliphatic rings. The minimum Gasteiger partial charge on any atom is -0.197 e. The van der Waals surface area contributed by atoms with E-state index < -0.39 is 10.2 Å². The molecule has 152 valence electrons. The van der Waals surface area contributed by atoms with Crippen LogP contribution in [0.1, 0.15) is 67.9 Å². The number of hydrogen-bond acceptors (Lipinski definition) is 5. The van der Waals surface area contributed by atoms with Crippen LogP contribution in [0.25, 0.3) is 5.65 Å². The Balaban J connectivity index is 1.31. The van der Waals surface area contributed by atoms with E-state index in [1.54, 1.807) is 8.61 Å². The number of piperidine rings is 1. The zero-order valence-electron chi connectivity index (χ0n) is 16.3. The van der Waals surface area contributed by atoms with Gasteiger partial charge in [0.1, 0.15) is 0 Å². The van der Waals surface area contributed by atoms with Crippen LogP contribution in [-0.4, -0.2) is 63.0 Å². The quantitative estimate of drug-likeness (QED) is 0.780. The van der Waals surface area contributed by atoms with Gasteiger partial charge in [0, 0.05) is 32.1 Å². The first kappa shape index (κ1) is 18.4. The van der Waals surface area contributed by atoms with Crippen LogP contribution in [0.3, 0.4) is 0 Å². The van der Waals surface area contributed by atoms with E-state index in [9.17, 15) is 8.42 Å². The molecule has 2 fully saturated rings. The molecule has 28 heavy (non-hydrogen) atoms. The lowest BCUT2D eigenvalue weighted by molar-refractivity contribution is 0.282. The van der Waals surface area contributed by atoms with E-state index in [-0.39, 0.29) is 5.92 Å². The second kappa shape index (κ2) is 7.35. The van der Waals surface area contributed by atoms with Gasteiger partial charge in [-0.3, -0.25) is 0 Å². The Morgan fingerprint density at radius 1 is 0.857 bits per heavy atom. The first-order valence-electron chi connectivity index (χ1n) is 10.6. The van der Waals surface area contributed by atoms with E-state index >= 15 is 0 Å². The van der Waals surface area contributed by atoms with Crippen molar-refractivity contribution in [3.8, 4) is 0 Å². The van der Waals surface area contributed by atoms with Crippen molar-refractivity contribution < 1.29 is 8.42 Å². The van der Waals surface area contributed by atoms with Crippen LogP contribution in [0, 0.1) is 0 Å². The van der Waals surface area contributed by atoms with Crippen molar-refractivity contribution >= 4 is 15.9 Å². The van der Waals surface area contributed by atoms with Gasteiger partial charge < -0.3 is 0 Å². The molecule has 0 bridgehead atoms. The maximum atomic E-state index is 13.0. The zero-order chi connectivity index (χ0) is 19.1. The minimum absolute atomic E-state index is 0.206. The van der Waals surface area contributed by atoms with Gasteiger partial charge in [-0.15, -0.1) is 10.2 Å². The predicted octanol–water partition coefficient (Wildman–Crippen LogP) is 1.91. The molecule has 0 amide bonds. The molecule has 0 unspecified atom stereocenters. The molecule has 0 N–H and O–H groups in total. The number of aromatic nitrogens is 4. The third-order valence-electron chi connectivity index (χ3n) is 6.48. The molecule has 0 spiro atoms. The van der Waals surface area contributed by atoms with E-state index in [1.807, 2.05) is 4.52 Å². The molecular formula is C19H28N6O2S. The Hall–Kier alpha value is -1.58. The van der Waals surface area contributed by atoms with Crippen molar-refractivity contribution in [3.05, 3.63) is 23.1 Å². The van der Waals surface area contributed by atoms with Crippen molar-refractivity contribution in [2.45, 2.75) is 63.7 Å². The topological polar surface area (TPSA) is 83.7 Å². The van der Waals surface area contributed by atoms with Gasteiger partial charge in [-0.1, -0.05) is 12.8 Å². The summed E-state index contributed by atoms with van der Waals surface area (Å²) in [5.74, 6) is 1.09. The van der Waals surface area contributed by atoms with Crippen molar-refractivity contribution in [2.75, 3.05) is 26.2 Å². The number of rotatable bonds is 3. The van der Waals surface area contributed by atoms with Gasteiger partial charge in [0.25, 0.3) is 10.2 Å². The molecule has 0 atom stereocenters. The van der Waals surface area contributed by atoms with Gasteiger partial charge in [-0.25, -0.2) is 0 Å².